The van der Waals surface area contributed by atoms with E-state index in [1.165, 1.54) is 6.26 Å². The Labute approximate surface area is 191 Å². The Hall–Kier alpha value is -1.56. The molecule has 0 saturated heterocycles. The fraction of sp³-hybridized carbons (Fsp3) is 0.579. The van der Waals surface area contributed by atoms with Gasteiger partial charge in [-0.3, -0.25) is 0 Å². The topological polar surface area (TPSA) is 109 Å². The minimum absolute atomic E-state index is 0. The molecule has 29 heavy (non-hydrogen) atoms. The number of ether oxygens (including phenoxy) is 1. The second-order valence-electron chi connectivity index (χ2n) is 7.42. The summed E-state index contributed by atoms with van der Waals surface area (Å²) in [7, 11) is -3.23. The summed E-state index contributed by atoms with van der Waals surface area (Å²) in [6.45, 7) is 11.1. The van der Waals surface area contributed by atoms with E-state index in [4.69, 9.17) is 4.74 Å². The van der Waals surface area contributed by atoms with Gasteiger partial charge in [0.2, 0.25) is 0 Å². The number of hydrogen-bond donors (Lipinski definition) is 3. The maximum absolute atomic E-state index is 11.7. The molecule has 166 valence electrons. The van der Waals surface area contributed by atoms with Gasteiger partial charge in [0, 0.05) is 25.9 Å². The summed E-state index contributed by atoms with van der Waals surface area (Å²) in [5.74, 6) is 0.610. The number of rotatable bonds is 7. The lowest BCUT2D eigenvalue weighted by molar-refractivity contribution is 0.0529. The summed E-state index contributed by atoms with van der Waals surface area (Å²) < 4.78 is 28.6. The zero-order chi connectivity index (χ0) is 21.4. The molecule has 10 heteroatoms. The first-order valence-corrected chi connectivity index (χ1v) is 11.1. The number of aliphatic imine (C=N–C) groups is 1. The van der Waals surface area contributed by atoms with E-state index in [0.29, 0.717) is 42.6 Å². The Kier molecular flexibility index (Phi) is 11.6. The predicted molar refractivity (Wildman–Crippen MR) is 127 cm³/mol. The third-order valence-electron chi connectivity index (χ3n) is 3.49. The van der Waals surface area contributed by atoms with Gasteiger partial charge in [0.25, 0.3) is 0 Å². The molecule has 0 unspecified atom stereocenters. The van der Waals surface area contributed by atoms with E-state index in [-0.39, 0.29) is 24.0 Å². The highest BCUT2D eigenvalue weighted by Crippen LogP contribution is 2.17. The van der Waals surface area contributed by atoms with Crippen molar-refractivity contribution in [3.05, 3.63) is 29.3 Å². The molecule has 0 aliphatic heterocycles. The normalized spacial score (nSPS) is 12.0. The van der Waals surface area contributed by atoms with E-state index in [9.17, 15) is 13.2 Å². The summed E-state index contributed by atoms with van der Waals surface area (Å²) >= 11 is 0. The molecule has 8 nitrogen and oxygen atoms in total. The van der Waals surface area contributed by atoms with E-state index in [0.717, 1.165) is 5.56 Å². The molecule has 1 aromatic carbocycles. The number of hydrogen-bond acceptors (Lipinski definition) is 5. The molecule has 1 rings (SSSR count). The monoisotopic (exact) mass is 540 g/mol. The highest BCUT2D eigenvalue weighted by atomic mass is 127. The Bertz CT molecular complexity index is 805. The van der Waals surface area contributed by atoms with Gasteiger partial charge in [-0.2, -0.15) is 0 Å². The number of guanidine groups is 1. The summed E-state index contributed by atoms with van der Waals surface area (Å²) in [6, 6.07) is 5.20. The van der Waals surface area contributed by atoms with Crippen molar-refractivity contribution in [2.24, 2.45) is 4.99 Å². The van der Waals surface area contributed by atoms with E-state index in [1.807, 2.05) is 33.8 Å². The summed E-state index contributed by atoms with van der Waals surface area (Å²) in [4.78, 5) is 16.4. The molecule has 0 aliphatic carbocycles. The van der Waals surface area contributed by atoms with Crippen LogP contribution in [0, 0.1) is 6.92 Å². The minimum Gasteiger partial charge on any atom is -0.444 e. The third kappa shape index (κ3) is 11.3. The summed E-state index contributed by atoms with van der Waals surface area (Å²) in [5.41, 5.74) is 1.09. The van der Waals surface area contributed by atoms with Gasteiger partial charge in [-0.1, -0.05) is 12.1 Å². The standard InChI is InChI=1S/C19H32N4O4S.HI/c1-7-20-17(21-10-11-22-18(24)27-19(3,4)5)23-13-15-8-9-16(14(2)12-15)28(6,25)26;/h8-9,12H,7,10-11,13H2,1-6H3,(H,22,24)(H2,20,21,23);1H. The Balaban J connectivity index is 0.00000784. The lowest BCUT2D eigenvalue weighted by Gasteiger charge is -2.19. The number of carbonyl (C=O) groups excluding carboxylic acids is 1. The van der Waals surface area contributed by atoms with Crippen LogP contribution in [0.2, 0.25) is 0 Å². The number of alkyl carbamates (subject to hydrolysis) is 1. The van der Waals surface area contributed by atoms with Crippen LogP contribution in [0.5, 0.6) is 0 Å². The SMILES string of the molecule is CCNC(=NCc1ccc(S(C)(=O)=O)c(C)c1)NCCNC(=O)OC(C)(C)C.I. The van der Waals surface area contributed by atoms with Crippen LogP contribution in [0.3, 0.4) is 0 Å². The maximum Gasteiger partial charge on any atom is 0.407 e. The van der Waals surface area contributed by atoms with Gasteiger partial charge < -0.3 is 20.7 Å². The molecule has 0 spiro atoms. The quantitative estimate of drug-likeness (QED) is 0.212. The van der Waals surface area contributed by atoms with Gasteiger partial charge in [-0.25, -0.2) is 18.2 Å². The largest absolute Gasteiger partial charge is 0.444 e. The fourth-order valence-corrected chi connectivity index (χ4v) is 3.36. The first-order chi connectivity index (χ1) is 12.9. The number of nitrogens with zero attached hydrogens (tertiary/aromatic N) is 1. The second kappa shape index (κ2) is 12.2. The van der Waals surface area contributed by atoms with Crippen LogP contribution in [0.15, 0.2) is 28.1 Å². The van der Waals surface area contributed by atoms with Crippen LogP contribution in [-0.4, -0.2) is 52.0 Å². The first-order valence-electron chi connectivity index (χ1n) is 9.21. The van der Waals surface area contributed by atoms with Crippen molar-refractivity contribution in [2.45, 2.75) is 51.7 Å². The molecule has 0 fully saturated rings. The molecule has 0 bridgehead atoms. The third-order valence-corrected chi connectivity index (χ3v) is 4.75. The van der Waals surface area contributed by atoms with Crippen LogP contribution < -0.4 is 16.0 Å². The molecular formula is C19H33IN4O4S. The van der Waals surface area contributed by atoms with Crippen molar-refractivity contribution in [1.29, 1.82) is 0 Å². The predicted octanol–water partition coefficient (Wildman–Crippen LogP) is 2.60. The zero-order valence-corrected chi connectivity index (χ0v) is 21.1. The maximum atomic E-state index is 11.7. The molecule has 0 aliphatic rings. The average molecular weight is 540 g/mol. The lowest BCUT2D eigenvalue weighted by atomic mass is 10.1. The number of aryl methyl sites for hydroxylation is 1. The Morgan fingerprint density at radius 1 is 1.14 bits per heavy atom. The molecule has 0 radical (unpaired) electrons. The highest BCUT2D eigenvalue weighted by molar-refractivity contribution is 14.0. The van der Waals surface area contributed by atoms with Crippen molar-refractivity contribution in [2.75, 3.05) is 25.9 Å². The number of amides is 1. The fourth-order valence-electron chi connectivity index (χ4n) is 2.40. The first kappa shape index (κ1) is 27.4. The zero-order valence-electron chi connectivity index (χ0n) is 18.0. The number of halogens is 1. The van der Waals surface area contributed by atoms with Crippen LogP contribution in [0.1, 0.15) is 38.8 Å². The summed E-state index contributed by atoms with van der Waals surface area (Å²) in [5, 5.41) is 8.94. The van der Waals surface area contributed by atoms with Gasteiger partial charge in [-0.05, 0) is 51.8 Å². The van der Waals surface area contributed by atoms with Gasteiger partial charge in [-0.15, -0.1) is 24.0 Å². The van der Waals surface area contributed by atoms with Crippen molar-refractivity contribution >= 4 is 45.9 Å². The Morgan fingerprint density at radius 3 is 2.28 bits per heavy atom. The van der Waals surface area contributed by atoms with Crippen LogP contribution in [-0.2, 0) is 21.1 Å². The van der Waals surface area contributed by atoms with E-state index < -0.39 is 21.5 Å². The van der Waals surface area contributed by atoms with Crippen LogP contribution in [0.25, 0.3) is 0 Å². The molecule has 0 saturated carbocycles. The molecule has 1 amide bonds. The summed E-state index contributed by atoms with van der Waals surface area (Å²) in [6.07, 6.45) is 0.740. The molecule has 0 atom stereocenters. The minimum atomic E-state index is -3.23. The van der Waals surface area contributed by atoms with Crippen LogP contribution in [0.4, 0.5) is 4.79 Å². The van der Waals surface area contributed by atoms with Crippen LogP contribution >= 0.6 is 24.0 Å². The van der Waals surface area contributed by atoms with Gasteiger partial charge in [0.05, 0.1) is 11.4 Å². The molecule has 0 heterocycles. The second-order valence-corrected chi connectivity index (χ2v) is 9.41. The van der Waals surface area contributed by atoms with E-state index in [2.05, 4.69) is 20.9 Å². The molecular weight excluding hydrogens is 507 g/mol. The smallest absolute Gasteiger partial charge is 0.407 e. The van der Waals surface area contributed by atoms with Crippen molar-refractivity contribution < 1.29 is 17.9 Å². The van der Waals surface area contributed by atoms with Crippen molar-refractivity contribution in [3.63, 3.8) is 0 Å². The molecule has 0 aromatic heterocycles. The van der Waals surface area contributed by atoms with Gasteiger partial charge >= 0.3 is 6.09 Å². The molecule has 1 aromatic rings. The number of benzene rings is 1. The van der Waals surface area contributed by atoms with E-state index in [1.54, 1.807) is 19.1 Å². The van der Waals surface area contributed by atoms with Crippen molar-refractivity contribution in [1.82, 2.24) is 16.0 Å². The van der Waals surface area contributed by atoms with E-state index >= 15 is 0 Å². The number of sulfone groups is 1. The lowest BCUT2D eigenvalue weighted by Crippen LogP contribution is -2.42. The number of nitrogens with one attached hydrogen (secondary N) is 3. The number of carbonyl (C=O) groups is 1. The molecule has 3 N–H and O–H groups in total. The van der Waals surface area contributed by atoms with Crippen molar-refractivity contribution in [3.8, 4) is 0 Å². The Morgan fingerprint density at radius 2 is 1.76 bits per heavy atom. The van der Waals surface area contributed by atoms with Gasteiger partial charge in [0.1, 0.15) is 5.60 Å². The average Bonchev–Trinajstić information content (AvgIpc) is 2.53. The highest BCUT2D eigenvalue weighted by Gasteiger charge is 2.15. The van der Waals surface area contributed by atoms with Gasteiger partial charge in [0.15, 0.2) is 15.8 Å².